The van der Waals surface area contributed by atoms with Crippen LogP contribution in [0.3, 0.4) is 0 Å². The lowest BCUT2D eigenvalue weighted by Gasteiger charge is -2.23. The first kappa shape index (κ1) is 18.7. The van der Waals surface area contributed by atoms with Gasteiger partial charge in [-0.1, -0.05) is 15.9 Å². The van der Waals surface area contributed by atoms with E-state index in [-0.39, 0.29) is 0 Å². The summed E-state index contributed by atoms with van der Waals surface area (Å²) in [7, 11) is 0. The Morgan fingerprint density at radius 1 is 0.964 bits per heavy atom. The molecule has 0 saturated carbocycles. The summed E-state index contributed by atoms with van der Waals surface area (Å²) in [5, 5.41) is 17.4. The van der Waals surface area contributed by atoms with Crippen LogP contribution in [0.5, 0.6) is 0 Å². The molecule has 0 bridgehead atoms. The lowest BCUT2D eigenvalue weighted by Crippen LogP contribution is -2.30. The number of nitrogens with zero attached hydrogens (tertiary/aromatic N) is 5. The molecule has 2 heterocycles. The average Bonchev–Trinajstić information content (AvgIpc) is 3.06. The minimum atomic E-state index is 0.552. The standard InChI is InChI=1S/C21H20BrN5O/c22-18-6-4-17(5-7-18)21-25-24-20(28-21)15-26-10-1-11-27(13-12-26)19-8-2-16(14-23)3-9-19/h2-9H,1,10-13,15H2. The third-order valence-electron chi connectivity index (χ3n) is 4.87. The summed E-state index contributed by atoms with van der Waals surface area (Å²) in [6, 6.07) is 17.8. The van der Waals surface area contributed by atoms with Crippen LogP contribution in [0.4, 0.5) is 5.69 Å². The van der Waals surface area contributed by atoms with E-state index in [1.807, 2.05) is 48.5 Å². The van der Waals surface area contributed by atoms with Crippen molar-refractivity contribution in [1.29, 1.82) is 5.26 Å². The highest BCUT2D eigenvalue weighted by Gasteiger charge is 2.18. The summed E-state index contributed by atoms with van der Waals surface area (Å²) in [4.78, 5) is 4.71. The first-order chi connectivity index (χ1) is 13.7. The Morgan fingerprint density at radius 2 is 1.75 bits per heavy atom. The van der Waals surface area contributed by atoms with Gasteiger partial charge in [0.05, 0.1) is 18.2 Å². The van der Waals surface area contributed by atoms with Crippen molar-refractivity contribution in [2.24, 2.45) is 0 Å². The maximum atomic E-state index is 8.95. The van der Waals surface area contributed by atoms with Gasteiger partial charge in [0.15, 0.2) is 0 Å². The fraction of sp³-hybridized carbons (Fsp3) is 0.286. The molecule has 3 aromatic rings. The molecule has 0 radical (unpaired) electrons. The number of hydrogen-bond acceptors (Lipinski definition) is 6. The van der Waals surface area contributed by atoms with E-state index in [2.05, 4.69) is 42.0 Å². The molecule has 0 N–H and O–H groups in total. The number of nitriles is 1. The van der Waals surface area contributed by atoms with Crippen LogP contribution in [0.1, 0.15) is 17.9 Å². The fourth-order valence-electron chi connectivity index (χ4n) is 3.35. The summed E-state index contributed by atoms with van der Waals surface area (Å²) >= 11 is 3.43. The number of benzene rings is 2. The Labute approximate surface area is 172 Å². The van der Waals surface area contributed by atoms with Gasteiger partial charge in [-0.2, -0.15) is 5.26 Å². The highest BCUT2D eigenvalue weighted by Crippen LogP contribution is 2.22. The van der Waals surface area contributed by atoms with E-state index in [1.165, 1.54) is 0 Å². The van der Waals surface area contributed by atoms with Crippen LogP contribution < -0.4 is 4.90 Å². The maximum Gasteiger partial charge on any atom is 0.247 e. The predicted molar refractivity (Wildman–Crippen MR) is 111 cm³/mol. The molecule has 0 unspecified atom stereocenters. The van der Waals surface area contributed by atoms with Crippen molar-refractivity contribution in [1.82, 2.24) is 15.1 Å². The molecule has 28 heavy (non-hydrogen) atoms. The number of anilines is 1. The quantitative estimate of drug-likeness (QED) is 0.612. The maximum absolute atomic E-state index is 8.95. The first-order valence-electron chi connectivity index (χ1n) is 9.27. The minimum absolute atomic E-state index is 0.552. The summed E-state index contributed by atoms with van der Waals surface area (Å²) in [5.41, 5.74) is 2.78. The molecule has 7 heteroatoms. The van der Waals surface area contributed by atoms with Crippen molar-refractivity contribution in [3.8, 4) is 17.5 Å². The summed E-state index contributed by atoms with van der Waals surface area (Å²) in [5.74, 6) is 1.20. The van der Waals surface area contributed by atoms with E-state index < -0.39 is 0 Å². The van der Waals surface area contributed by atoms with Gasteiger partial charge >= 0.3 is 0 Å². The minimum Gasteiger partial charge on any atom is -0.419 e. The van der Waals surface area contributed by atoms with Gasteiger partial charge in [0, 0.05) is 41.9 Å². The predicted octanol–water partition coefficient (Wildman–Crippen LogP) is 4.08. The van der Waals surface area contributed by atoms with Gasteiger partial charge in [-0.05, 0) is 55.0 Å². The normalized spacial score (nSPS) is 15.2. The van der Waals surface area contributed by atoms with Crippen LogP contribution in [0, 0.1) is 11.3 Å². The summed E-state index contributed by atoms with van der Waals surface area (Å²) in [6.45, 7) is 4.50. The molecule has 0 amide bonds. The van der Waals surface area contributed by atoms with Crippen LogP contribution in [-0.4, -0.2) is 41.3 Å². The van der Waals surface area contributed by atoms with Gasteiger partial charge in [-0.15, -0.1) is 10.2 Å². The summed E-state index contributed by atoms with van der Waals surface area (Å²) < 4.78 is 6.89. The molecule has 0 atom stereocenters. The number of hydrogen-bond donors (Lipinski definition) is 0. The Bertz CT molecular complexity index is 962. The molecule has 0 spiro atoms. The van der Waals surface area contributed by atoms with E-state index in [1.54, 1.807) is 0 Å². The smallest absolute Gasteiger partial charge is 0.247 e. The van der Waals surface area contributed by atoms with Crippen molar-refractivity contribution in [3.63, 3.8) is 0 Å². The lowest BCUT2D eigenvalue weighted by molar-refractivity contribution is 0.256. The highest BCUT2D eigenvalue weighted by molar-refractivity contribution is 9.10. The monoisotopic (exact) mass is 437 g/mol. The van der Waals surface area contributed by atoms with Gasteiger partial charge < -0.3 is 9.32 Å². The molecular formula is C21H20BrN5O. The molecule has 1 fully saturated rings. The van der Waals surface area contributed by atoms with E-state index in [9.17, 15) is 0 Å². The van der Waals surface area contributed by atoms with Crippen LogP contribution >= 0.6 is 15.9 Å². The third kappa shape index (κ3) is 4.41. The molecular weight excluding hydrogens is 418 g/mol. The molecule has 1 aliphatic rings. The van der Waals surface area contributed by atoms with Gasteiger partial charge in [0.1, 0.15) is 0 Å². The zero-order valence-corrected chi connectivity index (χ0v) is 17.0. The van der Waals surface area contributed by atoms with E-state index in [0.717, 1.165) is 48.3 Å². The second kappa shape index (κ2) is 8.55. The average molecular weight is 438 g/mol. The molecule has 1 saturated heterocycles. The second-order valence-electron chi connectivity index (χ2n) is 6.78. The van der Waals surface area contributed by atoms with Crippen LogP contribution in [0.15, 0.2) is 57.4 Å². The lowest BCUT2D eigenvalue weighted by atomic mass is 10.2. The van der Waals surface area contributed by atoms with Gasteiger partial charge in [-0.3, -0.25) is 4.90 Å². The van der Waals surface area contributed by atoms with Crippen molar-refractivity contribution in [2.45, 2.75) is 13.0 Å². The zero-order chi connectivity index (χ0) is 19.3. The fourth-order valence-corrected chi connectivity index (χ4v) is 3.62. The van der Waals surface area contributed by atoms with Gasteiger partial charge in [0.2, 0.25) is 11.8 Å². The van der Waals surface area contributed by atoms with Crippen LogP contribution in [0.25, 0.3) is 11.5 Å². The SMILES string of the molecule is N#Cc1ccc(N2CCCN(Cc3nnc(-c4ccc(Br)cc4)o3)CC2)cc1. The van der Waals surface area contributed by atoms with Crippen molar-refractivity contribution in [3.05, 3.63) is 64.5 Å². The van der Waals surface area contributed by atoms with Crippen LogP contribution in [-0.2, 0) is 6.54 Å². The molecule has 1 aliphatic heterocycles. The third-order valence-corrected chi connectivity index (χ3v) is 5.40. The van der Waals surface area contributed by atoms with Gasteiger partial charge in [0.25, 0.3) is 0 Å². The summed E-state index contributed by atoms with van der Waals surface area (Å²) in [6.07, 6.45) is 1.06. The van der Waals surface area contributed by atoms with Crippen molar-refractivity contribution >= 4 is 21.6 Å². The largest absolute Gasteiger partial charge is 0.419 e. The number of rotatable bonds is 4. The zero-order valence-electron chi connectivity index (χ0n) is 15.4. The molecule has 4 rings (SSSR count). The van der Waals surface area contributed by atoms with E-state index in [0.29, 0.717) is 23.9 Å². The van der Waals surface area contributed by atoms with Gasteiger partial charge in [-0.25, -0.2) is 0 Å². The Kier molecular flexibility index (Phi) is 5.70. The molecule has 6 nitrogen and oxygen atoms in total. The van der Waals surface area contributed by atoms with E-state index >= 15 is 0 Å². The molecule has 142 valence electrons. The van der Waals surface area contributed by atoms with Crippen LogP contribution in [0.2, 0.25) is 0 Å². The highest BCUT2D eigenvalue weighted by atomic mass is 79.9. The molecule has 2 aromatic carbocycles. The first-order valence-corrected chi connectivity index (χ1v) is 10.1. The Morgan fingerprint density at radius 3 is 2.50 bits per heavy atom. The second-order valence-corrected chi connectivity index (χ2v) is 7.70. The molecule has 1 aromatic heterocycles. The van der Waals surface area contributed by atoms with Crippen molar-refractivity contribution in [2.75, 3.05) is 31.1 Å². The Hall–Kier alpha value is -2.69. The number of aromatic nitrogens is 2. The number of halogens is 1. The Balaban J connectivity index is 1.37. The van der Waals surface area contributed by atoms with Crippen molar-refractivity contribution < 1.29 is 4.42 Å². The topological polar surface area (TPSA) is 69.2 Å². The molecule has 0 aliphatic carbocycles. The van der Waals surface area contributed by atoms with E-state index in [4.69, 9.17) is 9.68 Å².